The highest BCUT2D eigenvalue weighted by Crippen LogP contribution is 2.29. The Bertz CT molecular complexity index is 762. The van der Waals surface area contributed by atoms with E-state index >= 15 is 0 Å². The molecule has 0 saturated carbocycles. The molecule has 0 aliphatic carbocycles. The van der Waals surface area contributed by atoms with Crippen LogP contribution in [0.4, 0.5) is 23.3 Å². The van der Waals surface area contributed by atoms with Crippen LogP contribution in [0.2, 0.25) is 0 Å². The first kappa shape index (κ1) is 15.0. The van der Waals surface area contributed by atoms with E-state index in [2.05, 4.69) is 20.3 Å². The van der Waals surface area contributed by atoms with Gasteiger partial charge in [-0.1, -0.05) is 23.9 Å². The number of nitrogen functional groups attached to an aromatic ring is 2. The number of hydrogen-bond donors (Lipinski definition) is 3. The molecular formula is C13H13N7O2S. The fraction of sp³-hybridized carbons (Fsp3) is 0.154. The number of para-hydroxylation sites is 2. The van der Waals surface area contributed by atoms with Gasteiger partial charge in [-0.3, -0.25) is 9.59 Å². The van der Waals surface area contributed by atoms with Crippen LogP contribution in [0.25, 0.3) is 0 Å². The largest absolute Gasteiger partial charge is 0.368 e. The van der Waals surface area contributed by atoms with Crippen molar-refractivity contribution in [2.24, 2.45) is 0 Å². The minimum atomic E-state index is -0.241. The molecule has 9 nitrogen and oxygen atoms in total. The summed E-state index contributed by atoms with van der Waals surface area (Å²) < 4.78 is 0. The summed E-state index contributed by atoms with van der Waals surface area (Å²) in [6.07, 6.45) is 0. The van der Waals surface area contributed by atoms with E-state index in [-0.39, 0.29) is 41.2 Å². The Morgan fingerprint density at radius 2 is 1.91 bits per heavy atom. The molecule has 23 heavy (non-hydrogen) atoms. The van der Waals surface area contributed by atoms with E-state index < -0.39 is 0 Å². The van der Waals surface area contributed by atoms with Crippen LogP contribution in [0.3, 0.4) is 0 Å². The fourth-order valence-corrected chi connectivity index (χ4v) is 2.84. The van der Waals surface area contributed by atoms with E-state index in [9.17, 15) is 9.59 Å². The minimum absolute atomic E-state index is 0.00450. The van der Waals surface area contributed by atoms with Crippen LogP contribution in [0.1, 0.15) is 0 Å². The molecule has 1 aromatic heterocycles. The van der Waals surface area contributed by atoms with Gasteiger partial charge in [-0.25, -0.2) is 0 Å². The number of hydrogen-bond acceptors (Lipinski definition) is 8. The van der Waals surface area contributed by atoms with Crippen LogP contribution in [0.15, 0.2) is 29.4 Å². The molecular weight excluding hydrogens is 318 g/mol. The third-order valence-corrected chi connectivity index (χ3v) is 3.88. The normalized spacial score (nSPS) is 13.4. The lowest BCUT2D eigenvalue weighted by Crippen LogP contribution is -2.43. The molecule has 2 aromatic rings. The molecule has 1 aromatic carbocycles. The van der Waals surface area contributed by atoms with Gasteiger partial charge in [-0.15, -0.1) is 0 Å². The quantitative estimate of drug-likeness (QED) is 0.673. The van der Waals surface area contributed by atoms with E-state index in [1.54, 1.807) is 24.3 Å². The van der Waals surface area contributed by atoms with Gasteiger partial charge in [0, 0.05) is 0 Å². The van der Waals surface area contributed by atoms with Gasteiger partial charge in [-0.05, 0) is 12.1 Å². The van der Waals surface area contributed by atoms with Gasteiger partial charge in [-0.2, -0.15) is 15.0 Å². The molecule has 2 amide bonds. The smallest absolute Gasteiger partial charge is 0.244 e. The molecule has 0 unspecified atom stereocenters. The molecule has 0 bridgehead atoms. The Labute approximate surface area is 135 Å². The van der Waals surface area contributed by atoms with Crippen LogP contribution < -0.4 is 21.7 Å². The van der Waals surface area contributed by atoms with Gasteiger partial charge in [0.2, 0.25) is 23.7 Å². The molecule has 0 radical (unpaired) electrons. The number of carbonyl (C=O) groups excluding carboxylic acids is 2. The molecule has 10 heteroatoms. The lowest BCUT2D eigenvalue weighted by molar-refractivity contribution is -0.120. The maximum atomic E-state index is 12.4. The van der Waals surface area contributed by atoms with Crippen molar-refractivity contribution < 1.29 is 9.59 Å². The van der Waals surface area contributed by atoms with Gasteiger partial charge >= 0.3 is 0 Å². The van der Waals surface area contributed by atoms with Crippen LogP contribution in [-0.4, -0.2) is 39.1 Å². The van der Waals surface area contributed by atoms with Gasteiger partial charge in [0.1, 0.15) is 6.54 Å². The van der Waals surface area contributed by atoms with Crippen LogP contribution in [-0.2, 0) is 9.59 Å². The van der Waals surface area contributed by atoms with Gasteiger partial charge < -0.3 is 21.7 Å². The van der Waals surface area contributed by atoms with Crippen molar-refractivity contribution in [3.63, 3.8) is 0 Å². The number of rotatable bonds is 3. The zero-order valence-corrected chi connectivity index (χ0v) is 12.7. The van der Waals surface area contributed by atoms with Crippen molar-refractivity contribution in [2.75, 3.05) is 34.0 Å². The number of thioether (sulfide) groups is 1. The average molecular weight is 331 g/mol. The molecule has 2 heterocycles. The maximum Gasteiger partial charge on any atom is 0.244 e. The van der Waals surface area contributed by atoms with Gasteiger partial charge in [0.15, 0.2) is 5.16 Å². The second kappa shape index (κ2) is 6.08. The molecule has 0 saturated heterocycles. The number of nitrogens with two attached hydrogens (primary N) is 2. The number of nitrogens with zero attached hydrogens (tertiary/aromatic N) is 4. The van der Waals surface area contributed by atoms with E-state index in [4.69, 9.17) is 11.5 Å². The summed E-state index contributed by atoms with van der Waals surface area (Å²) in [6, 6.07) is 7.11. The van der Waals surface area contributed by atoms with E-state index in [1.807, 2.05) is 0 Å². The van der Waals surface area contributed by atoms with Gasteiger partial charge in [0.05, 0.1) is 17.1 Å². The summed E-state index contributed by atoms with van der Waals surface area (Å²) in [6.45, 7) is -0.0299. The van der Waals surface area contributed by atoms with E-state index in [1.165, 1.54) is 4.90 Å². The Morgan fingerprint density at radius 1 is 1.22 bits per heavy atom. The number of anilines is 4. The zero-order valence-electron chi connectivity index (χ0n) is 11.9. The number of fused-ring (bicyclic) bond motifs is 1. The van der Waals surface area contributed by atoms with Gasteiger partial charge in [0.25, 0.3) is 0 Å². The first-order valence-electron chi connectivity index (χ1n) is 6.62. The van der Waals surface area contributed by atoms with E-state index in [0.29, 0.717) is 11.4 Å². The Hall–Kier alpha value is -2.88. The number of amides is 2. The number of carbonyl (C=O) groups is 2. The maximum absolute atomic E-state index is 12.4. The van der Waals surface area contributed by atoms with Crippen molar-refractivity contribution in [2.45, 2.75) is 5.16 Å². The summed E-state index contributed by atoms with van der Waals surface area (Å²) in [5, 5.41) is 2.99. The predicted molar refractivity (Wildman–Crippen MR) is 86.8 cm³/mol. The third kappa shape index (κ3) is 3.31. The fourth-order valence-electron chi connectivity index (χ4n) is 2.11. The van der Waals surface area contributed by atoms with Crippen molar-refractivity contribution in [3.8, 4) is 0 Å². The lowest BCUT2D eigenvalue weighted by Gasteiger charge is -2.28. The number of nitrogens with one attached hydrogen (secondary N) is 1. The summed E-state index contributed by atoms with van der Waals surface area (Å²) >= 11 is 1.08. The third-order valence-electron chi connectivity index (χ3n) is 3.05. The van der Waals surface area contributed by atoms with E-state index in [0.717, 1.165) is 11.8 Å². The van der Waals surface area contributed by atoms with Crippen molar-refractivity contribution in [1.29, 1.82) is 0 Å². The summed E-state index contributed by atoms with van der Waals surface area (Å²) in [4.78, 5) is 37.1. The molecule has 118 valence electrons. The molecule has 3 rings (SSSR count). The molecule has 0 fully saturated rings. The second-order valence-corrected chi connectivity index (χ2v) is 5.61. The highest BCUT2D eigenvalue weighted by Gasteiger charge is 2.26. The van der Waals surface area contributed by atoms with Crippen molar-refractivity contribution in [3.05, 3.63) is 24.3 Å². The first-order valence-corrected chi connectivity index (χ1v) is 7.60. The summed E-state index contributed by atoms with van der Waals surface area (Å²) in [7, 11) is 0. The topological polar surface area (TPSA) is 140 Å². The zero-order chi connectivity index (χ0) is 16.4. The molecule has 1 aliphatic heterocycles. The Kier molecular flexibility index (Phi) is 3.98. The highest BCUT2D eigenvalue weighted by molar-refractivity contribution is 7.99. The minimum Gasteiger partial charge on any atom is -0.368 e. The predicted octanol–water partition coefficient (Wildman–Crippen LogP) is 0.113. The molecule has 1 aliphatic rings. The number of aromatic nitrogens is 3. The first-order chi connectivity index (χ1) is 11.0. The lowest BCUT2D eigenvalue weighted by atomic mass is 10.2. The summed E-state index contributed by atoms with van der Waals surface area (Å²) in [5.41, 5.74) is 12.2. The monoisotopic (exact) mass is 331 g/mol. The average Bonchev–Trinajstić information content (AvgIpc) is 2.51. The van der Waals surface area contributed by atoms with Crippen LogP contribution >= 0.6 is 11.8 Å². The second-order valence-electron chi connectivity index (χ2n) is 4.67. The number of benzene rings is 1. The highest BCUT2D eigenvalue weighted by atomic mass is 32.2. The Morgan fingerprint density at radius 3 is 2.65 bits per heavy atom. The van der Waals surface area contributed by atoms with Crippen LogP contribution in [0.5, 0.6) is 0 Å². The SMILES string of the molecule is Nc1nc(N)nc(SCC(=O)N2CC(=O)Nc3ccccc32)n1. The Balaban J connectivity index is 1.75. The standard InChI is InChI=1S/C13H13N7O2S/c14-11-17-12(15)19-13(18-11)23-6-10(22)20-5-9(21)16-7-3-1-2-4-8(7)20/h1-4H,5-6H2,(H,16,21)(H4,14,15,17,18,19). The molecule has 0 atom stereocenters. The van der Waals surface area contributed by atoms with Crippen molar-refractivity contribution in [1.82, 2.24) is 15.0 Å². The summed E-state index contributed by atoms with van der Waals surface area (Å²) in [5.74, 6) is -0.444. The van der Waals surface area contributed by atoms with Crippen molar-refractivity contribution >= 4 is 46.8 Å². The molecule has 5 N–H and O–H groups in total. The molecule has 0 spiro atoms. The van der Waals surface area contributed by atoms with Crippen LogP contribution in [0, 0.1) is 0 Å².